The summed E-state index contributed by atoms with van der Waals surface area (Å²) in [6, 6.07) is 20.6. The molecule has 0 bridgehead atoms. The molecule has 1 aromatic heterocycles. The van der Waals surface area contributed by atoms with Crippen molar-refractivity contribution >= 4 is 28.9 Å². The van der Waals surface area contributed by atoms with Gasteiger partial charge in [0, 0.05) is 23.3 Å². The molecule has 3 heterocycles. The molecule has 208 valence electrons. The number of amidine groups is 1. The van der Waals surface area contributed by atoms with E-state index < -0.39 is 11.1 Å². The van der Waals surface area contributed by atoms with Crippen molar-refractivity contribution in [1.82, 2.24) is 5.32 Å². The number of quaternary nitrogens is 1. The summed E-state index contributed by atoms with van der Waals surface area (Å²) in [4.78, 5) is 20.5. The number of methoxy groups -OCH3 is 1. The van der Waals surface area contributed by atoms with E-state index in [1.54, 1.807) is 7.11 Å². The number of aromatic nitrogens is 1. The number of carbonyl (C=O) groups is 1. The standard InChI is InChI=1S/C33H33N5O3/c1-32(2,3)41-31(39)36-33(15-8-16-33)25-13-11-23(12-14-25)30-27(22-9-6-5-7-10-22)18-29-35-21-28(38(29)37-30)24-17-26(40-4)20-34-19-24/h5-7,9-14,17-21H,8,15-16H2,1-4H3,(H,36,39)/p+2. The first kappa shape index (κ1) is 26.7. The van der Waals surface area contributed by atoms with Gasteiger partial charge in [-0.3, -0.25) is 0 Å². The first-order valence-corrected chi connectivity index (χ1v) is 13.9. The number of alkyl carbamates (subject to hydrolysis) is 1. The Morgan fingerprint density at radius 1 is 1.00 bits per heavy atom. The minimum absolute atomic E-state index is 0.384. The molecule has 2 aliphatic heterocycles. The third kappa shape index (κ3) is 5.30. The van der Waals surface area contributed by atoms with Gasteiger partial charge in [-0.25, -0.2) is 9.78 Å². The van der Waals surface area contributed by atoms with E-state index in [-0.39, 0.29) is 6.09 Å². The Hall–Kier alpha value is -4.56. The maximum atomic E-state index is 12.7. The lowest BCUT2D eigenvalue weighted by Crippen LogP contribution is -3.07. The number of nitrogens with zero attached hydrogens (tertiary/aromatic N) is 2. The number of hydrogen-bond acceptors (Lipinski definition) is 5. The molecule has 0 spiro atoms. The van der Waals surface area contributed by atoms with Crippen LogP contribution in [0.5, 0.6) is 5.75 Å². The van der Waals surface area contributed by atoms with Gasteiger partial charge in [0.25, 0.3) is 5.84 Å². The highest BCUT2D eigenvalue weighted by Gasteiger charge is 2.41. The number of pyridine rings is 1. The van der Waals surface area contributed by atoms with Gasteiger partial charge in [-0.1, -0.05) is 59.7 Å². The Bertz CT molecular complexity index is 1590. The summed E-state index contributed by atoms with van der Waals surface area (Å²) in [7, 11) is 1.65. The molecule has 2 aromatic carbocycles. The van der Waals surface area contributed by atoms with Crippen molar-refractivity contribution in [1.29, 1.82) is 0 Å². The topological polar surface area (TPSA) is 90.9 Å². The van der Waals surface area contributed by atoms with Crippen LogP contribution in [-0.4, -0.2) is 30.4 Å². The Labute approximate surface area is 240 Å². The van der Waals surface area contributed by atoms with E-state index in [1.807, 2.05) is 63.6 Å². The first-order chi connectivity index (χ1) is 19.7. The van der Waals surface area contributed by atoms with E-state index in [0.717, 1.165) is 75.1 Å². The maximum Gasteiger partial charge on any atom is 0.408 e. The van der Waals surface area contributed by atoms with Crippen molar-refractivity contribution in [2.45, 2.75) is 51.2 Å². The number of fused-ring (bicyclic) bond motifs is 1. The van der Waals surface area contributed by atoms with Crippen LogP contribution in [0.1, 0.15) is 62.3 Å². The third-order valence-corrected chi connectivity index (χ3v) is 7.64. The Kier molecular flexibility index (Phi) is 6.79. The zero-order valence-corrected chi connectivity index (χ0v) is 23.8. The largest absolute Gasteiger partial charge is 0.491 e. The van der Waals surface area contributed by atoms with Crippen molar-refractivity contribution in [3.8, 4) is 5.75 Å². The number of hydrogen-bond donors (Lipinski definition) is 2. The van der Waals surface area contributed by atoms with E-state index in [2.05, 4.69) is 52.8 Å². The van der Waals surface area contributed by atoms with Crippen LogP contribution < -0.4 is 20.0 Å². The van der Waals surface area contributed by atoms with Gasteiger partial charge in [0.2, 0.25) is 6.20 Å². The molecule has 3 N–H and O–H groups in total. The molecule has 0 radical (unpaired) electrons. The van der Waals surface area contributed by atoms with E-state index >= 15 is 0 Å². The quantitative estimate of drug-likeness (QED) is 0.474. The fourth-order valence-electron chi connectivity index (χ4n) is 5.45. The Balaban J connectivity index is 1.34. The predicted molar refractivity (Wildman–Crippen MR) is 158 cm³/mol. The molecular weight excluding hydrogens is 514 g/mol. The maximum absolute atomic E-state index is 12.7. The molecule has 1 fully saturated rings. The summed E-state index contributed by atoms with van der Waals surface area (Å²) >= 11 is 0. The van der Waals surface area contributed by atoms with Gasteiger partial charge in [-0.15, -0.1) is 5.01 Å². The molecular formula is C33H35N5O3+2. The number of nitrogens with one attached hydrogen (secondary N) is 3. The number of benzene rings is 2. The number of aromatic amines is 1. The summed E-state index contributed by atoms with van der Waals surface area (Å²) in [5.74, 6) is 1.57. The summed E-state index contributed by atoms with van der Waals surface area (Å²) < 4.78 is 11.0. The second-order valence-electron chi connectivity index (χ2n) is 11.6. The van der Waals surface area contributed by atoms with Gasteiger partial charge >= 0.3 is 6.09 Å². The summed E-state index contributed by atoms with van der Waals surface area (Å²) in [5, 5.41) is 9.20. The van der Waals surface area contributed by atoms with Crippen LogP contribution in [0, 0.1) is 0 Å². The van der Waals surface area contributed by atoms with Gasteiger partial charge in [0.15, 0.2) is 17.6 Å². The predicted octanol–water partition coefficient (Wildman–Crippen LogP) is 4.51. The number of ether oxygens (including phenoxy) is 2. The lowest BCUT2D eigenvalue weighted by molar-refractivity contribution is -0.727. The number of H-pyrrole nitrogens is 1. The molecule has 8 nitrogen and oxygen atoms in total. The highest BCUT2D eigenvalue weighted by Crippen LogP contribution is 2.41. The molecule has 1 aliphatic carbocycles. The summed E-state index contributed by atoms with van der Waals surface area (Å²) in [6.45, 7) is 5.63. The number of carbonyl (C=O) groups excluding carboxylic acids is 1. The smallest absolute Gasteiger partial charge is 0.408 e. The van der Waals surface area contributed by atoms with Crippen molar-refractivity contribution in [3.63, 3.8) is 0 Å². The second kappa shape index (κ2) is 10.4. The van der Waals surface area contributed by atoms with E-state index in [9.17, 15) is 4.79 Å². The molecule has 1 atom stereocenters. The van der Waals surface area contributed by atoms with Crippen LogP contribution in [-0.2, 0) is 10.3 Å². The number of amides is 1. The fraction of sp³-hybridized carbons (Fsp3) is 0.273. The van der Waals surface area contributed by atoms with Crippen LogP contribution in [0.4, 0.5) is 4.79 Å². The van der Waals surface area contributed by atoms with Crippen molar-refractivity contribution < 1.29 is 24.3 Å². The SMILES string of the molecule is COc1c[nH+]cc(C2=CN=C3C=C(c4ccccc4)C(c4ccc(C5(NC(=O)OC(C)(C)C)CCC5)cc4)=N[NH+]23)c1. The lowest BCUT2D eigenvalue weighted by Gasteiger charge is -2.43. The van der Waals surface area contributed by atoms with Gasteiger partial charge in [-0.2, -0.15) is 4.99 Å². The normalized spacial score (nSPS) is 19.1. The van der Waals surface area contributed by atoms with Crippen LogP contribution >= 0.6 is 0 Å². The van der Waals surface area contributed by atoms with E-state index in [0.29, 0.717) is 0 Å². The highest BCUT2D eigenvalue weighted by atomic mass is 16.6. The molecule has 1 amide bonds. The van der Waals surface area contributed by atoms with Gasteiger partial charge in [0.1, 0.15) is 16.9 Å². The number of rotatable bonds is 6. The monoisotopic (exact) mass is 549 g/mol. The van der Waals surface area contributed by atoms with Crippen molar-refractivity contribution in [3.05, 3.63) is 108 Å². The van der Waals surface area contributed by atoms with Crippen LogP contribution in [0.2, 0.25) is 0 Å². The average Bonchev–Trinajstić information content (AvgIpc) is 3.37. The molecule has 8 heteroatoms. The minimum atomic E-state index is -0.547. The molecule has 3 aliphatic rings. The Morgan fingerprint density at radius 2 is 1.76 bits per heavy atom. The van der Waals surface area contributed by atoms with Crippen LogP contribution in [0.15, 0.2) is 95.4 Å². The van der Waals surface area contributed by atoms with Crippen LogP contribution in [0.25, 0.3) is 11.3 Å². The summed E-state index contributed by atoms with van der Waals surface area (Å²) in [5.41, 5.74) is 5.95. The lowest BCUT2D eigenvalue weighted by atomic mass is 9.71. The molecule has 6 rings (SSSR count). The van der Waals surface area contributed by atoms with E-state index in [4.69, 9.17) is 19.6 Å². The van der Waals surface area contributed by atoms with Crippen LogP contribution in [0.3, 0.4) is 0 Å². The molecule has 3 aromatic rings. The zero-order valence-electron chi connectivity index (χ0n) is 23.8. The molecule has 1 unspecified atom stereocenters. The van der Waals surface area contributed by atoms with E-state index in [1.165, 1.54) is 0 Å². The number of aliphatic imine (C=N–C) groups is 1. The second-order valence-corrected chi connectivity index (χ2v) is 11.6. The molecule has 0 saturated heterocycles. The Morgan fingerprint density at radius 3 is 2.41 bits per heavy atom. The zero-order chi connectivity index (χ0) is 28.6. The minimum Gasteiger partial charge on any atom is -0.491 e. The first-order valence-electron chi connectivity index (χ1n) is 13.9. The fourth-order valence-corrected chi connectivity index (χ4v) is 5.45. The van der Waals surface area contributed by atoms with Gasteiger partial charge in [-0.05, 0) is 51.2 Å². The number of allylic oxidation sites excluding steroid dienone is 1. The highest BCUT2D eigenvalue weighted by molar-refractivity contribution is 6.35. The average molecular weight is 550 g/mol. The molecule has 41 heavy (non-hydrogen) atoms. The summed E-state index contributed by atoms with van der Waals surface area (Å²) in [6.07, 6.45) is 10.2. The van der Waals surface area contributed by atoms with Crippen molar-refractivity contribution in [2.75, 3.05) is 7.11 Å². The van der Waals surface area contributed by atoms with Gasteiger partial charge < -0.3 is 14.8 Å². The molecule has 1 saturated carbocycles. The van der Waals surface area contributed by atoms with Crippen molar-refractivity contribution in [2.24, 2.45) is 10.1 Å². The van der Waals surface area contributed by atoms with Gasteiger partial charge in [0.05, 0.1) is 18.8 Å². The third-order valence-electron chi connectivity index (χ3n) is 7.64.